The van der Waals surface area contributed by atoms with Crippen molar-refractivity contribution in [3.05, 3.63) is 23.9 Å². The first-order valence-corrected chi connectivity index (χ1v) is 6.53. The molecule has 0 saturated carbocycles. The van der Waals surface area contributed by atoms with Crippen LogP contribution in [0.3, 0.4) is 0 Å². The van der Waals surface area contributed by atoms with Crippen molar-refractivity contribution in [2.75, 3.05) is 11.4 Å². The predicted molar refractivity (Wildman–Crippen MR) is 69.5 cm³/mol. The maximum absolute atomic E-state index is 10.6. The van der Waals surface area contributed by atoms with E-state index in [0.29, 0.717) is 11.6 Å². The number of rotatable bonds is 3. The molecule has 0 amide bonds. The van der Waals surface area contributed by atoms with Gasteiger partial charge < -0.3 is 4.90 Å². The van der Waals surface area contributed by atoms with Gasteiger partial charge in [0.1, 0.15) is 5.82 Å². The summed E-state index contributed by atoms with van der Waals surface area (Å²) in [5, 5.41) is 0. The van der Waals surface area contributed by atoms with Crippen molar-refractivity contribution >= 4 is 12.1 Å². The molecule has 1 saturated heterocycles. The summed E-state index contributed by atoms with van der Waals surface area (Å²) in [6, 6.07) is 4.43. The summed E-state index contributed by atoms with van der Waals surface area (Å²) in [6.07, 6.45) is 8.82. The molecular weight excluding hydrogens is 212 g/mol. The maximum atomic E-state index is 10.6. The molecule has 0 spiro atoms. The lowest BCUT2D eigenvalue weighted by molar-refractivity contribution is 0.112. The Morgan fingerprint density at radius 3 is 2.94 bits per heavy atom. The van der Waals surface area contributed by atoms with Crippen LogP contribution in [-0.4, -0.2) is 23.9 Å². The Labute approximate surface area is 103 Å². The predicted octanol–water partition coefficient (Wildman–Crippen LogP) is 3.05. The average Bonchev–Trinajstić information content (AvgIpc) is 2.64. The molecule has 1 aliphatic rings. The number of hydrogen-bond donors (Lipinski definition) is 0. The highest BCUT2D eigenvalue weighted by atomic mass is 16.1. The van der Waals surface area contributed by atoms with E-state index >= 15 is 0 Å². The molecule has 3 nitrogen and oxygen atoms in total. The first-order chi connectivity index (χ1) is 8.35. The minimum Gasteiger partial charge on any atom is -0.354 e. The number of nitrogens with zero attached hydrogens (tertiary/aromatic N) is 2. The van der Waals surface area contributed by atoms with Crippen molar-refractivity contribution in [1.29, 1.82) is 0 Å². The summed E-state index contributed by atoms with van der Waals surface area (Å²) in [5.74, 6) is 1.02. The Bertz CT molecular complexity index is 361. The van der Waals surface area contributed by atoms with E-state index in [9.17, 15) is 4.79 Å². The van der Waals surface area contributed by atoms with Crippen molar-refractivity contribution in [2.45, 2.75) is 45.1 Å². The fourth-order valence-corrected chi connectivity index (χ4v) is 2.54. The number of aromatic nitrogens is 1. The van der Waals surface area contributed by atoms with Crippen LogP contribution in [0.4, 0.5) is 5.82 Å². The van der Waals surface area contributed by atoms with E-state index in [1.54, 1.807) is 6.20 Å². The Balaban J connectivity index is 2.18. The van der Waals surface area contributed by atoms with Crippen molar-refractivity contribution in [1.82, 2.24) is 4.98 Å². The van der Waals surface area contributed by atoms with Crippen molar-refractivity contribution in [2.24, 2.45) is 0 Å². The Hall–Kier alpha value is -1.38. The number of anilines is 1. The summed E-state index contributed by atoms with van der Waals surface area (Å²) in [7, 11) is 0. The standard InChI is InChI=1S/C14H20N2O/c1-2-13-6-4-3-5-9-16(13)14-8-7-12(11-17)10-15-14/h7-8,10-11,13H,2-6,9H2,1H3. The van der Waals surface area contributed by atoms with Gasteiger partial charge in [-0.15, -0.1) is 0 Å². The van der Waals surface area contributed by atoms with Crippen molar-refractivity contribution in [3.63, 3.8) is 0 Å². The molecule has 1 unspecified atom stereocenters. The van der Waals surface area contributed by atoms with Crippen LogP contribution in [0.5, 0.6) is 0 Å². The van der Waals surface area contributed by atoms with E-state index in [0.717, 1.165) is 25.1 Å². The first-order valence-electron chi connectivity index (χ1n) is 6.53. The third-order valence-electron chi connectivity index (χ3n) is 3.55. The minimum absolute atomic E-state index is 0.604. The Morgan fingerprint density at radius 1 is 1.41 bits per heavy atom. The van der Waals surface area contributed by atoms with Crippen LogP contribution in [0.15, 0.2) is 18.3 Å². The highest BCUT2D eigenvalue weighted by Crippen LogP contribution is 2.24. The van der Waals surface area contributed by atoms with Crippen LogP contribution in [-0.2, 0) is 0 Å². The largest absolute Gasteiger partial charge is 0.354 e. The topological polar surface area (TPSA) is 33.2 Å². The molecule has 0 aliphatic carbocycles. The maximum Gasteiger partial charge on any atom is 0.151 e. The molecule has 0 aromatic carbocycles. The SMILES string of the molecule is CCC1CCCCCN1c1ccc(C=O)cn1. The van der Waals surface area contributed by atoms with E-state index in [1.807, 2.05) is 12.1 Å². The number of hydrogen-bond acceptors (Lipinski definition) is 3. The zero-order valence-electron chi connectivity index (χ0n) is 10.4. The first kappa shape index (κ1) is 12.1. The van der Waals surface area contributed by atoms with E-state index in [2.05, 4.69) is 16.8 Å². The normalized spacial score (nSPS) is 21.0. The second-order valence-corrected chi connectivity index (χ2v) is 4.67. The van der Waals surface area contributed by atoms with Crippen molar-refractivity contribution < 1.29 is 4.79 Å². The van der Waals surface area contributed by atoms with Crippen LogP contribution < -0.4 is 4.90 Å². The Kier molecular flexibility index (Phi) is 4.13. The fourth-order valence-electron chi connectivity index (χ4n) is 2.54. The van der Waals surface area contributed by atoms with Crippen LogP contribution in [0.2, 0.25) is 0 Å². The van der Waals surface area contributed by atoms with Gasteiger partial charge in [0.05, 0.1) is 0 Å². The van der Waals surface area contributed by atoms with Gasteiger partial charge in [-0.1, -0.05) is 19.8 Å². The summed E-state index contributed by atoms with van der Waals surface area (Å²) >= 11 is 0. The summed E-state index contributed by atoms with van der Waals surface area (Å²) in [5.41, 5.74) is 0.650. The lowest BCUT2D eigenvalue weighted by Gasteiger charge is -2.30. The van der Waals surface area contributed by atoms with E-state index in [1.165, 1.54) is 25.7 Å². The van der Waals surface area contributed by atoms with E-state index < -0.39 is 0 Å². The molecule has 1 aromatic rings. The lowest BCUT2D eigenvalue weighted by atomic mass is 10.1. The molecule has 2 rings (SSSR count). The third-order valence-corrected chi connectivity index (χ3v) is 3.55. The molecule has 17 heavy (non-hydrogen) atoms. The molecule has 0 radical (unpaired) electrons. The van der Waals surface area contributed by atoms with Crippen LogP contribution in [0.1, 0.15) is 49.4 Å². The molecule has 3 heteroatoms. The molecule has 1 aromatic heterocycles. The molecule has 1 aliphatic heterocycles. The summed E-state index contributed by atoms with van der Waals surface area (Å²) < 4.78 is 0. The van der Waals surface area contributed by atoms with Gasteiger partial charge in [0.15, 0.2) is 6.29 Å². The Morgan fingerprint density at radius 2 is 2.29 bits per heavy atom. The van der Waals surface area contributed by atoms with Gasteiger partial charge in [-0.05, 0) is 31.4 Å². The zero-order valence-corrected chi connectivity index (χ0v) is 10.4. The lowest BCUT2D eigenvalue weighted by Crippen LogP contribution is -2.34. The second kappa shape index (κ2) is 5.80. The molecular formula is C14H20N2O. The fraction of sp³-hybridized carbons (Fsp3) is 0.571. The van der Waals surface area contributed by atoms with Gasteiger partial charge in [-0.3, -0.25) is 4.79 Å². The van der Waals surface area contributed by atoms with Gasteiger partial charge >= 0.3 is 0 Å². The summed E-state index contributed by atoms with van der Waals surface area (Å²) in [6.45, 7) is 3.33. The van der Waals surface area contributed by atoms with E-state index in [-0.39, 0.29) is 0 Å². The van der Waals surface area contributed by atoms with Crippen molar-refractivity contribution in [3.8, 4) is 0 Å². The minimum atomic E-state index is 0.604. The van der Waals surface area contributed by atoms with Gasteiger partial charge in [-0.25, -0.2) is 4.98 Å². The molecule has 1 fully saturated rings. The molecule has 0 N–H and O–H groups in total. The molecule has 92 valence electrons. The highest BCUT2D eigenvalue weighted by molar-refractivity contribution is 5.74. The average molecular weight is 232 g/mol. The highest BCUT2D eigenvalue weighted by Gasteiger charge is 2.20. The van der Waals surface area contributed by atoms with Gasteiger partial charge in [-0.2, -0.15) is 0 Å². The zero-order chi connectivity index (χ0) is 12.1. The number of pyridine rings is 1. The molecule has 2 heterocycles. The number of aldehydes is 1. The third kappa shape index (κ3) is 2.84. The monoisotopic (exact) mass is 232 g/mol. The van der Waals surface area contributed by atoms with Crippen LogP contribution in [0, 0.1) is 0 Å². The number of carbonyl (C=O) groups is 1. The van der Waals surface area contributed by atoms with Gasteiger partial charge in [0.25, 0.3) is 0 Å². The van der Waals surface area contributed by atoms with Gasteiger partial charge in [0, 0.05) is 24.3 Å². The molecule has 0 bridgehead atoms. The molecule has 1 atom stereocenters. The number of carbonyl (C=O) groups excluding carboxylic acids is 1. The summed E-state index contributed by atoms with van der Waals surface area (Å²) in [4.78, 5) is 17.4. The quantitative estimate of drug-likeness (QED) is 0.751. The van der Waals surface area contributed by atoms with E-state index in [4.69, 9.17) is 0 Å². The van der Waals surface area contributed by atoms with Crippen LogP contribution >= 0.6 is 0 Å². The van der Waals surface area contributed by atoms with Gasteiger partial charge in [0.2, 0.25) is 0 Å². The second-order valence-electron chi connectivity index (χ2n) is 4.67. The van der Waals surface area contributed by atoms with Crippen LogP contribution in [0.25, 0.3) is 0 Å². The smallest absolute Gasteiger partial charge is 0.151 e.